The Balaban J connectivity index is 1.20. The minimum absolute atomic E-state index is 0.798. The van der Waals surface area contributed by atoms with E-state index in [0.717, 1.165) is 75.1 Å². The van der Waals surface area contributed by atoms with Gasteiger partial charge in [-0.2, -0.15) is 0 Å². The Hall–Kier alpha value is -3.48. The molecule has 2 aromatic carbocycles. The third-order valence-electron chi connectivity index (χ3n) is 6.14. The molecule has 34 heavy (non-hydrogen) atoms. The van der Waals surface area contributed by atoms with Crippen LogP contribution in [0.4, 0.5) is 11.4 Å². The van der Waals surface area contributed by atoms with Crippen molar-refractivity contribution in [3.63, 3.8) is 0 Å². The smallest absolute Gasteiger partial charge is 0.116 e. The summed E-state index contributed by atoms with van der Waals surface area (Å²) in [6.45, 7) is 6.99. The number of nitrogens with zero attached hydrogens (tertiary/aromatic N) is 4. The first-order valence-corrected chi connectivity index (χ1v) is 11.9. The molecule has 0 aliphatic carbocycles. The Morgan fingerprint density at radius 1 is 0.559 bits per heavy atom. The van der Waals surface area contributed by atoms with Gasteiger partial charge >= 0.3 is 0 Å². The molecule has 1 aromatic heterocycles. The molecule has 3 heterocycles. The minimum atomic E-state index is 0.798. The van der Waals surface area contributed by atoms with Crippen molar-refractivity contribution in [1.29, 1.82) is 0 Å². The predicted molar refractivity (Wildman–Crippen MR) is 139 cm³/mol. The van der Waals surface area contributed by atoms with Gasteiger partial charge in [0.2, 0.25) is 0 Å². The van der Waals surface area contributed by atoms with E-state index in [1.165, 1.54) is 11.4 Å². The van der Waals surface area contributed by atoms with Gasteiger partial charge in [-0.15, -0.1) is 0 Å². The van der Waals surface area contributed by atoms with Crippen LogP contribution in [-0.2, 0) is 9.47 Å². The minimum Gasteiger partial charge on any atom is -0.378 e. The molecule has 0 amide bonds. The Morgan fingerprint density at radius 2 is 0.971 bits per heavy atom. The molecule has 2 saturated heterocycles. The molecule has 0 radical (unpaired) electrons. The van der Waals surface area contributed by atoms with Gasteiger partial charge in [0.05, 0.1) is 37.8 Å². The molecule has 0 unspecified atom stereocenters. The summed E-state index contributed by atoms with van der Waals surface area (Å²) in [6.07, 6.45) is 9.84. The van der Waals surface area contributed by atoms with Crippen LogP contribution in [-0.4, -0.2) is 62.6 Å². The summed E-state index contributed by atoms with van der Waals surface area (Å²) >= 11 is 0. The second kappa shape index (κ2) is 11.1. The third-order valence-corrected chi connectivity index (χ3v) is 6.14. The molecule has 2 aliphatic heterocycles. The van der Waals surface area contributed by atoms with Gasteiger partial charge < -0.3 is 19.3 Å². The molecule has 2 fully saturated rings. The van der Waals surface area contributed by atoms with Gasteiger partial charge in [0.15, 0.2) is 0 Å². The Bertz CT molecular complexity index is 1030. The molecule has 0 N–H and O–H groups in total. The van der Waals surface area contributed by atoms with Gasteiger partial charge in [-0.05, 0) is 53.6 Å². The lowest BCUT2D eigenvalue weighted by Gasteiger charge is -2.28. The fourth-order valence-corrected chi connectivity index (χ4v) is 4.17. The van der Waals surface area contributed by atoms with Crippen LogP contribution in [0.5, 0.6) is 0 Å². The summed E-state index contributed by atoms with van der Waals surface area (Å²) in [7, 11) is 0. The first-order valence-electron chi connectivity index (χ1n) is 11.9. The lowest BCUT2D eigenvalue weighted by molar-refractivity contribution is 0.122. The third kappa shape index (κ3) is 5.90. The summed E-state index contributed by atoms with van der Waals surface area (Å²) in [5, 5.41) is 0. The molecule has 0 bridgehead atoms. The molecule has 2 aliphatic rings. The molecule has 6 nitrogen and oxygen atoms in total. The van der Waals surface area contributed by atoms with E-state index in [1.807, 2.05) is 18.2 Å². The first kappa shape index (κ1) is 22.3. The van der Waals surface area contributed by atoms with Crippen molar-refractivity contribution in [3.05, 3.63) is 83.4 Å². The highest BCUT2D eigenvalue weighted by atomic mass is 16.5. The average molecular weight is 455 g/mol. The van der Waals surface area contributed by atoms with E-state index < -0.39 is 0 Å². The van der Waals surface area contributed by atoms with Crippen LogP contribution < -0.4 is 9.80 Å². The van der Waals surface area contributed by atoms with Crippen LogP contribution in [0.25, 0.3) is 24.3 Å². The number of ether oxygens (including phenoxy) is 2. The van der Waals surface area contributed by atoms with Crippen LogP contribution in [0, 0.1) is 0 Å². The van der Waals surface area contributed by atoms with Gasteiger partial charge in [0.1, 0.15) is 6.33 Å². The van der Waals surface area contributed by atoms with Crippen molar-refractivity contribution in [2.75, 3.05) is 62.4 Å². The van der Waals surface area contributed by atoms with Crippen LogP contribution in [0.1, 0.15) is 22.5 Å². The molecule has 0 atom stereocenters. The highest BCUT2D eigenvalue weighted by molar-refractivity contribution is 5.72. The molecule has 174 valence electrons. The van der Waals surface area contributed by atoms with Crippen LogP contribution in [0.3, 0.4) is 0 Å². The molecule has 6 heteroatoms. The number of morpholine rings is 2. The van der Waals surface area contributed by atoms with Gasteiger partial charge in [-0.3, -0.25) is 0 Å². The monoisotopic (exact) mass is 454 g/mol. The largest absolute Gasteiger partial charge is 0.378 e. The summed E-state index contributed by atoms with van der Waals surface area (Å²) in [4.78, 5) is 13.5. The maximum atomic E-state index is 5.44. The standard InChI is InChI=1S/C28H30N4O2/c1(23-3-9-27(10-4-23)31-13-17-33-18-14-31)7-25-21-26(30-22-29-25)8-2-24-5-11-28(12-6-24)32-15-19-34-20-16-32/h1-12,21-22H,13-20H2/b7-1+,8-2+. The number of rotatable bonds is 6. The molecule has 5 rings (SSSR count). The fourth-order valence-electron chi connectivity index (χ4n) is 4.17. The second-order valence-corrected chi connectivity index (χ2v) is 8.42. The van der Waals surface area contributed by atoms with E-state index in [0.29, 0.717) is 0 Å². The summed E-state index contributed by atoms with van der Waals surface area (Å²) < 4.78 is 10.9. The Kier molecular flexibility index (Phi) is 7.28. The van der Waals surface area contributed by atoms with Gasteiger partial charge in [-0.1, -0.05) is 36.4 Å². The van der Waals surface area contributed by atoms with E-state index in [9.17, 15) is 0 Å². The lowest BCUT2D eigenvalue weighted by Crippen LogP contribution is -2.36. The Morgan fingerprint density at radius 3 is 1.38 bits per heavy atom. The fraction of sp³-hybridized carbons (Fsp3) is 0.286. The van der Waals surface area contributed by atoms with Crippen molar-refractivity contribution < 1.29 is 9.47 Å². The molecular weight excluding hydrogens is 424 g/mol. The molecule has 3 aromatic rings. The van der Waals surface area contributed by atoms with Gasteiger partial charge in [-0.25, -0.2) is 9.97 Å². The normalized spacial score (nSPS) is 17.1. The molecular formula is C28H30N4O2. The highest BCUT2D eigenvalue weighted by Crippen LogP contribution is 2.19. The number of aromatic nitrogens is 2. The molecule has 0 saturated carbocycles. The zero-order valence-corrected chi connectivity index (χ0v) is 19.3. The highest BCUT2D eigenvalue weighted by Gasteiger charge is 2.11. The maximum absolute atomic E-state index is 5.44. The topological polar surface area (TPSA) is 50.7 Å². The summed E-state index contributed by atoms with van der Waals surface area (Å²) in [6, 6.07) is 19.2. The number of anilines is 2. The zero-order valence-electron chi connectivity index (χ0n) is 19.3. The first-order chi connectivity index (χ1) is 16.8. The van der Waals surface area contributed by atoms with E-state index >= 15 is 0 Å². The van der Waals surface area contributed by atoms with Crippen molar-refractivity contribution in [3.8, 4) is 0 Å². The van der Waals surface area contributed by atoms with Gasteiger partial charge in [0, 0.05) is 37.6 Å². The van der Waals surface area contributed by atoms with Crippen LogP contribution in [0.15, 0.2) is 60.9 Å². The second-order valence-electron chi connectivity index (χ2n) is 8.42. The van der Waals surface area contributed by atoms with Crippen molar-refractivity contribution in [2.45, 2.75) is 0 Å². The summed E-state index contributed by atoms with van der Waals surface area (Å²) in [5.74, 6) is 0. The van der Waals surface area contributed by atoms with Gasteiger partial charge in [0.25, 0.3) is 0 Å². The van der Waals surface area contributed by atoms with Crippen molar-refractivity contribution >= 4 is 35.7 Å². The van der Waals surface area contributed by atoms with E-state index in [4.69, 9.17) is 9.47 Å². The molecule has 0 spiro atoms. The SMILES string of the molecule is C(=C\c1cc(/C=C/c2ccc(N3CCOCC3)cc2)ncn1)/c1ccc(N2CCOCC2)cc1. The van der Waals surface area contributed by atoms with E-state index in [-0.39, 0.29) is 0 Å². The van der Waals surface area contributed by atoms with Crippen molar-refractivity contribution in [1.82, 2.24) is 9.97 Å². The van der Waals surface area contributed by atoms with E-state index in [2.05, 4.69) is 80.5 Å². The predicted octanol–water partition coefficient (Wildman–Crippen LogP) is 4.49. The van der Waals surface area contributed by atoms with Crippen LogP contribution in [0.2, 0.25) is 0 Å². The number of hydrogen-bond donors (Lipinski definition) is 0. The number of benzene rings is 2. The zero-order chi connectivity index (χ0) is 23.0. The maximum Gasteiger partial charge on any atom is 0.116 e. The van der Waals surface area contributed by atoms with Crippen LogP contribution >= 0.6 is 0 Å². The average Bonchev–Trinajstić information content (AvgIpc) is 2.93. The summed E-state index contributed by atoms with van der Waals surface area (Å²) in [5.41, 5.74) is 6.55. The Labute approximate surface area is 201 Å². The quantitative estimate of drug-likeness (QED) is 0.547. The number of hydrogen-bond acceptors (Lipinski definition) is 6. The van der Waals surface area contributed by atoms with Crippen molar-refractivity contribution in [2.24, 2.45) is 0 Å². The lowest BCUT2D eigenvalue weighted by atomic mass is 10.1. The van der Waals surface area contributed by atoms with E-state index in [1.54, 1.807) is 6.33 Å².